The van der Waals surface area contributed by atoms with Crippen LogP contribution in [-0.2, 0) is 4.79 Å². The molecule has 0 aromatic carbocycles. The Bertz CT molecular complexity index is 211. The monoisotopic (exact) mass is 245 g/mol. The number of carboxylic acid groups (broad SMARTS) is 1. The number of carbonyl (C=O) groups is 1. The number of thioether (sulfide) groups is 1. The molecular formula is C8H14F3NO2S. The number of hydrogen-bond acceptors (Lipinski definition) is 3. The first-order valence-electron chi connectivity index (χ1n) is 4.26. The van der Waals surface area contributed by atoms with Crippen molar-refractivity contribution in [1.82, 2.24) is 4.90 Å². The van der Waals surface area contributed by atoms with E-state index in [9.17, 15) is 18.0 Å². The highest BCUT2D eigenvalue weighted by molar-refractivity contribution is 7.98. The molecule has 0 bridgehead atoms. The zero-order valence-electron chi connectivity index (χ0n) is 8.54. The molecular weight excluding hydrogens is 231 g/mol. The van der Waals surface area contributed by atoms with Gasteiger partial charge >= 0.3 is 12.1 Å². The van der Waals surface area contributed by atoms with Crippen LogP contribution in [0.5, 0.6) is 0 Å². The van der Waals surface area contributed by atoms with E-state index in [0.29, 0.717) is 12.3 Å². The van der Waals surface area contributed by atoms with Crippen molar-refractivity contribution in [2.45, 2.75) is 6.18 Å². The van der Waals surface area contributed by atoms with Crippen molar-refractivity contribution in [3.05, 3.63) is 0 Å². The van der Waals surface area contributed by atoms with Gasteiger partial charge in [0.15, 0.2) is 5.92 Å². The molecule has 0 spiro atoms. The zero-order valence-corrected chi connectivity index (χ0v) is 9.36. The summed E-state index contributed by atoms with van der Waals surface area (Å²) in [7, 11) is 1.48. The lowest BCUT2D eigenvalue weighted by Gasteiger charge is -2.22. The van der Waals surface area contributed by atoms with Gasteiger partial charge in [-0.2, -0.15) is 24.9 Å². The van der Waals surface area contributed by atoms with Gasteiger partial charge in [0.25, 0.3) is 0 Å². The maximum Gasteiger partial charge on any atom is 0.403 e. The number of nitrogens with zero attached hydrogens (tertiary/aromatic N) is 1. The summed E-state index contributed by atoms with van der Waals surface area (Å²) in [5.74, 6) is -3.44. The quantitative estimate of drug-likeness (QED) is 0.770. The Balaban J connectivity index is 4.24. The summed E-state index contributed by atoms with van der Waals surface area (Å²) in [4.78, 5) is 11.8. The highest BCUT2D eigenvalue weighted by atomic mass is 32.2. The van der Waals surface area contributed by atoms with Crippen molar-refractivity contribution in [3.63, 3.8) is 0 Å². The second kappa shape index (κ2) is 6.22. The Morgan fingerprint density at radius 3 is 2.40 bits per heavy atom. The smallest absolute Gasteiger partial charge is 0.403 e. The predicted molar refractivity (Wildman–Crippen MR) is 53.1 cm³/mol. The lowest BCUT2D eigenvalue weighted by molar-refractivity contribution is -0.195. The van der Waals surface area contributed by atoms with E-state index in [1.165, 1.54) is 23.7 Å². The molecule has 0 radical (unpaired) electrons. The summed E-state index contributed by atoms with van der Waals surface area (Å²) >= 11 is 1.50. The average molecular weight is 245 g/mol. The van der Waals surface area contributed by atoms with Crippen LogP contribution >= 0.6 is 11.8 Å². The minimum absolute atomic E-state index is 0.445. The van der Waals surface area contributed by atoms with Crippen molar-refractivity contribution in [3.8, 4) is 0 Å². The molecule has 0 aromatic rings. The third kappa shape index (κ3) is 5.88. The molecule has 1 N–H and O–H groups in total. The van der Waals surface area contributed by atoms with Crippen LogP contribution in [-0.4, -0.2) is 54.3 Å². The Morgan fingerprint density at radius 1 is 1.53 bits per heavy atom. The molecule has 15 heavy (non-hydrogen) atoms. The van der Waals surface area contributed by atoms with Crippen molar-refractivity contribution in [1.29, 1.82) is 0 Å². The van der Waals surface area contributed by atoms with Crippen LogP contribution in [0.25, 0.3) is 0 Å². The molecule has 90 valence electrons. The fourth-order valence-electron chi connectivity index (χ4n) is 0.972. The first kappa shape index (κ1) is 14.6. The summed E-state index contributed by atoms with van der Waals surface area (Å²) in [6.07, 6.45) is -2.84. The molecule has 0 fully saturated rings. The van der Waals surface area contributed by atoms with Crippen LogP contribution in [0.1, 0.15) is 0 Å². The van der Waals surface area contributed by atoms with Crippen molar-refractivity contribution < 1.29 is 23.1 Å². The number of alkyl halides is 3. The number of aliphatic carboxylic acids is 1. The number of halogens is 3. The molecule has 1 unspecified atom stereocenters. The van der Waals surface area contributed by atoms with E-state index in [1.54, 1.807) is 0 Å². The highest BCUT2D eigenvalue weighted by Gasteiger charge is 2.45. The van der Waals surface area contributed by atoms with Gasteiger partial charge in [0, 0.05) is 18.8 Å². The molecule has 7 heteroatoms. The number of rotatable bonds is 6. The molecule has 0 aliphatic heterocycles. The van der Waals surface area contributed by atoms with E-state index in [-0.39, 0.29) is 0 Å². The van der Waals surface area contributed by atoms with Gasteiger partial charge in [0.1, 0.15) is 0 Å². The van der Waals surface area contributed by atoms with Crippen LogP contribution < -0.4 is 0 Å². The maximum atomic E-state index is 12.2. The van der Waals surface area contributed by atoms with Gasteiger partial charge < -0.3 is 10.0 Å². The minimum atomic E-state index is -4.68. The van der Waals surface area contributed by atoms with Gasteiger partial charge in [-0.25, -0.2) is 0 Å². The van der Waals surface area contributed by atoms with Gasteiger partial charge in [0.2, 0.25) is 0 Å². The fraction of sp³-hybridized carbons (Fsp3) is 0.875. The third-order valence-corrected chi connectivity index (χ3v) is 2.46. The Kier molecular flexibility index (Phi) is 6.04. The molecule has 0 amide bonds. The summed E-state index contributed by atoms with van der Waals surface area (Å²) in [5.41, 5.74) is 0. The minimum Gasteiger partial charge on any atom is -0.481 e. The largest absolute Gasteiger partial charge is 0.481 e. The average Bonchev–Trinajstić information content (AvgIpc) is 2.08. The van der Waals surface area contributed by atoms with Gasteiger partial charge in [-0.1, -0.05) is 0 Å². The normalized spacial score (nSPS) is 14.3. The van der Waals surface area contributed by atoms with Gasteiger partial charge in [-0.3, -0.25) is 4.79 Å². The maximum absolute atomic E-state index is 12.2. The van der Waals surface area contributed by atoms with E-state index < -0.39 is 24.6 Å². The molecule has 0 saturated carbocycles. The van der Waals surface area contributed by atoms with Gasteiger partial charge in [-0.05, 0) is 13.3 Å². The van der Waals surface area contributed by atoms with Crippen LogP contribution in [0.3, 0.4) is 0 Å². The molecule has 0 aliphatic rings. The van der Waals surface area contributed by atoms with Crippen LogP contribution in [0.2, 0.25) is 0 Å². The summed E-state index contributed by atoms with van der Waals surface area (Å²) in [6.45, 7) is -0.0551. The number of hydrogen-bond donors (Lipinski definition) is 1. The summed E-state index contributed by atoms with van der Waals surface area (Å²) in [6, 6.07) is 0. The fourth-order valence-corrected chi connectivity index (χ4v) is 1.47. The van der Waals surface area contributed by atoms with Crippen LogP contribution in [0.15, 0.2) is 0 Å². The van der Waals surface area contributed by atoms with E-state index in [0.717, 1.165) is 0 Å². The Morgan fingerprint density at radius 2 is 2.07 bits per heavy atom. The molecule has 3 nitrogen and oxygen atoms in total. The third-order valence-electron chi connectivity index (χ3n) is 1.86. The van der Waals surface area contributed by atoms with E-state index in [1.807, 2.05) is 6.26 Å². The van der Waals surface area contributed by atoms with E-state index >= 15 is 0 Å². The van der Waals surface area contributed by atoms with Gasteiger partial charge in [-0.15, -0.1) is 0 Å². The second-order valence-corrected chi connectivity index (χ2v) is 4.17. The summed E-state index contributed by atoms with van der Waals surface area (Å²) in [5, 5.41) is 8.43. The predicted octanol–water partition coefficient (Wildman–Crippen LogP) is 1.54. The van der Waals surface area contributed by atoms with Gasteiger partial charge in [0.05, 0.1) is 0 Å². The lowest BCUT2D eigenvalue weighted by atomic mass is 10.1. The standard InChI is InChI=1S/C8H14F3NO2S/c1-12(3-4-15-2)5-6(7(13)14)8(9,10)11/h6H,3-5H2,1-2H3,(H,13,14). The van der Waals surface area contributed by atoms with E-state index in [4.69, 9.17) is 5.11 Å². The Labute approximate surface area is 90.6 Å². The van der Waals surface area contributed by atoms with Crippen molar-refractivity contribution in [2.24, 2.45) is 5.92 Å². The zero-order chi connectivity index (χ0) is 12.1. The summed E-state index contributed by atoms with van der Waals surface area (Å²) < 4.78 is 36.7. The highest BCUT2D eigenvalue weighted by Crippen LogP contribution is 2.26. The molecule has 1 atom stereocenters. The van der Waals surface area contributed by atoms with Crippen molar-refractivity contribution in [2.75, 3.05) is 32.1 Å². The molecule has 0 aliphatic carbocycles. The Hall–Kier alpha value is -0.430. The molecule has 0 saturated heterocycles. The van der Waals surface area contributed by atoms with Crippen LogP contribution in [0.4, 0.5) is 13.2 Å². The van der Waals surface area contributed by atoms with Crippen LogP contribution in [0, 0.1) is 5.92 Å². The molecule has 0 heterocycles. The SMILES string of the molecule is CSCCN(C)CC(C(=O)O)C(F)(F)F. The first-order valence-corrected chi connectivity index (χ1v) is 5.65. The van der Waals surface area contributed by atoms with Crippen molar-refractivity contribution >= 4 is 17.7 Å². The molecule has 0 aromatic heterocycles. The lowest BCUT2D eigenvalue weighted by Crippen LogP contribution is -2.40. The first-order chi connectivity index (χ1) is 6.79. The number of carboxylic acids is 1. The topological polar surface area (TPSA) is 40.5 Å². The molecule has 0 rings (SSSR count). The second-order valence-electron chi connectivity index (χ2n) is 3.19. The van der Waals surface area contributed by atoms with E-state index in [2.05, 4.69) is 0 Å².